The fraction of sp³-hybridized carbons (Fsp3) is 0.414. The molecule has 6 rings (SSSR count). The van der Waals surface area contributed by atoms with E-state index in [9.17, 15) is 24.3 Å². The average molecular weight is 564 g/mol. The Morgan fingerprint density at radius 1 is 1.17 bits per heavy atom. The van der Waals surface area contributed by atoms with Gasteiger partial charge in [0.25, 0.3) is 5.56 Å². The number of amides is 2. The van der Waals surface area contributed by atoms with Crippen LogP contribution in [0.1, 0.15) is 61.4 Å². The summed E-state index contributed by atoms with van der Waals surface area (Å²) in [6, 6.07) is 1.14. The number of cyclic esters (lactones) is 1. The standard InChI is InChI=1S/C29H30FN5O6/c1-4-29(40)18-8-21-24-16(10-35(21)27(38)17(18)11-41-28(29)39)14-6-5-7-15-22(14)20(33-24)9-19(30)23(15)34-26(37)13(3)32-25(36)12(2)31/h8-9,12-13,40H,4-7,10-11,31H2,1-3H3,(H,32,36)(H,34,37)/t12-,13?,29-/m0/s1. The van der Waals surface area contributed by atoms with Crippen molar-refractivity contribution in [2.24, 2.45) is 5.73 Å². The van der Waals surface area contributed by atoms with Gasteiger partial charge in [-0.3, -0.25) is 14.4 Å². The van der Waals surface area contributed by atoms with Gasteiger partial charge in [0, 0.05) is 22.6 Å². The van der Waals surface area contributed by atoms with Crippen molar-refractivity contribution in [1.29, 1.82) is 0 Å². The van der Waals surface area contributed by atoms with Crippen LogP contribution in [0, 0.1) is 5.82 Å². The van der Waals surface area contributed by atoms with Crippen LogP contribution in [0.3, 0.4) is 0 Å². The monoisotopic (exact) mass is 563 g/mol. The van der Waals surface area contributed by atoms with E-state index in [0.29, 0.717) is 41.7 Å². The second-order valence-electron chi connectivity index (χ2n) is 11.0. The molecule has 12 heteroatoms. The van der Waals surface area contributed by atoms with Gasteiger partial charge in [-0.1, -0.05) is 6.92 Å². The molecule has 3 atom stereocenters. The molecular weight excluding hydrogens is 533 g/mol. The Morgan fingerprint density at radius 3 is 2.61 bits per heavy atom. The van der Waals surface area contributed by atoms with E-state index in [2.05, 4.69) is 10.6 Å². The molecule has 11 nitrogen and oxygen atoms in total. The van der Waals surface area contributed by atoms with Crippen LogP contribution in [0.25, 0.3) is 22.3 Å². The number of pyridine rings is 2. The number of fused-ring (bicyclic) bond motifs is 5. The molecule has 2 aromatic heterocycles. The number of anilines is 1. The number of aryl methyl sites for hydroxylation is 2. The quantitative estimate of drug-likeness (QED) is 0.265. The predicted molar refractivity (Wildman–Crippen MR) is 146 cm³/mol. The molecule has 0 bridgehead atoms. The fourth-order valence-electron chi connectivity index (χ4n) is 6.13. The molecular formula is C29H30FN5O6. The largest absolute Gasteiger partial charge is 0.458 e. The number of aromatic nitrogens is 2. The zero-order valence-corrected chi connectivity index (χ0v) is 22.9. The molecule has 0 fully saturated rings. The first-order chi connectivity index (χ1) is 19.5. The van der Waals surface area contributed by atoms with Gasteiger partial charge in [-0.25, -0.2) is 14.2 Å². The second kappa shape index (κ2) is 9.45. The molecule has 0 spiro atoms. The number of aliphatic hydroxyl groups is 1. The molecule has 41 heavy (non-hydrogen) atoms. The summed E-state index contributed by atoms with van der Waals surface area (Å²) in [5.41, 5.74) is 7.41. The Balaban J connectivity index is 1.47. The molecule has 2 aliphatic heterocycles. The molecule has 0 saturated heterocycles. The van der Waals surface area contributed by atoms with Crippen LogP contribution in [0.5, 0.6) is 0 Å². The van der Waals surface area contributed by atoms with Crippen molar-refractivity contribution >= 4 is 34.4 Å². The van der Waals surface area contributed by atoms with Crippen LogP contribution in [-0.4, -0.2) is 44.5 Å². The van der Waals surface area contributed by atoms with Gasteiger partial charge in [0.2, 0.25) is 11.8 Å². The van der Waals surface area contributed by atoms with E-state index >= 15 is 4.39 Å². The number of nitrogens with two attached hydrogens (primary N) is 1. The number of esters is 1. The lowest BCUT2D eigenvalue weighted by atomic mass is 9.85. The lowest BCUT2D eigenvalue weighted by molar-refractivity contribution is -0.172. The van der Waals surface area contributed by atoms with E-state index in [0.717, 1.165) is 16.5 Å². The van der Waals surface area contributed by atoms with Crippen molar-refractivity contribution in [2.75, 3.05) is 5.32 Å². The van der Waals surface area contributed by atoms with Crippen molar-refractivity contribution in [2.45, 2.75) is 77.3 Å². The number of nitrogens with one attached hydrogen (secondary N) is 2. The second-order valence-corrected chi connectivity index (χ2v) is 11.0. The molecule has 0 radical (unpaired) electrons. The highest BCUT2D eigenvalue weighted by molar-refractivity contribution is 6.02. The van der Waals surface area contributed by atoms with Gasteiger partial charge >= 0.3 is 5.97 Å². The Labute approximate surface area is 233 Å². The van der Waals surface area contributed by atoms with E-state index < -0.39 is 41.3 Å². The maximum Gasteiger partial charge on any atom is 0.343 e. The fourth-order valence-corrected chi connectivity index (χ4v) is 6.13. The van der Waals surface area contributed by atoms with Crippen LogP contribution in [0.2, 0.25) is 0 Å². The topological polar surface area (TPSA) is 166 Å². The first kappa shape index (κ1) is 27.0. The van der Waals surface area contributed by atoms with Crippen molar-refractivity contribution in [3.8, 4) is 11.4 Å². The minimum Gasteiger partial charge on any atom is -0.458 e. The number of carbonyl (C=O) groups is 3. The van der Waals surface area contributed by atoms with E-state index in [1.54, 1.807) is 17.6 Å². The first-order valence-electron chi connectivity index (χ1n) is 13.7. The van der Waals surface area contributed by atoms with Gasteiger partial charge in [-0.2, -0.15) is 0 Å². The van der Waals surface area contributed by atoms with Crippen LogP contribution in [0.15, 0.2) is 16.9 Å². The molecule has 214 valence electrons. The molecule has 1 aromatic carbocycles. The summed E-state index contributed by atoms with van der Waals surface area (Å²) in [6.07, 6.45) is 1.88. The van der Waals surface area contributed by atoms with Gasteiger partial charge in [-0.05, 0) is 56.7 Å². The zero-order chi connectivity index (χ0) is 29.4. The Kier molecular flexibility index (Phi) is 6.23. The number of ether oxygens (including phenoxy) is 1. The maximum absolute atomic E-state index is 15.6. The highest BCUT2D eigenvalue weighted by Gasteiger charge is 2.45. The number of carbonyl (C=O) groups excluding carboxylic acids is 3. The van der Waals surface area contributed by atoms with Crippen molar-refractivity contribution in [3.05, 3.63) is 56.1 Å². The minimum atomic E-state index is -1.94. The van der Waals surface area contributed by atoms with E-state index in [1.165, 1.54) is 19.9 Å². The molecule has 3 aliphatic rings. The third-order valence-corrected chi connectivity index (χ3v) is 8.42. The summed E-state index contributed by atoms with van der Waals surface area (Å²) in [7, 11) is 0. The number of rotatable bonds is 5. The summed E-state index contributed by atoms with van der Waals surface area (Å²) in [5, 5.41) is 17.0. The number of hydrogen-bond donors (Lipinski definition) is 4. The number of benzene rings is 1. The van der Waals surface area contributed by atoms with Gasteiger partial charge in [0.05, 0.1) is 40.7 Å². The lowest BCUT2D eigenvalue weighted by Gasteiger charge is -2.31. The van der Waals surface area contributed by atoms with Gasteiger partial charge in [0.15, 0.2) is 5.60 Å². The van der Waals surface area contributed by atoms with E-state index in [1.807, 2.05) is 0 Å². The van der Waals surface area contributed by atoms with Crippen molar-refractivity contribution < 1.29 is 28.6 Å². The van der Waals surface area contributed by atoms with Crippen molar-refractivity contribution in [3.63, 3.8) is 0 Å². The van der Waals surface area contributed by atoms with Crippen LogP contribution < -0.4 is 21.9 Å². The number of halogens is 1. The third kappa shape index (κ3) is 3.96. The summed E-state index contributed by atoms with van der Waals surface area (Å²) in [6.45, 7) is 4.63. The summed E-state index contributed by atoms with van der Waals surface area (Å²) in [4.78, 5) is 55.6. The Morgan fingerprint density at radius 2 is 1.90 bits per heavy atom. The van der Waals surface area contributed by atoms with Gasteiger partial charge < -0.3 is 30.8 Å². The van der Waals surface area contributed by atoms with E-state index in [-0.39, 0.29) is 41.9 Å². The molecule has 1 unspecified atom stereocenters. The number of nitrogens with zero attached hydrogens (tertiary/aromatic N) is 2. The lowest BCUT2D eigenvalue weighted by Crippen LogP contribution is -2.47. The Hall–Kier alpha value is -4.16. The summed E-state index contributed by atoms with van der Waals surface area (Å²) >= 11 is 0. The third-order valence-electron chi connectivity index (χ3n) is 8.42. The molecule has 0 saturated carbocycles. The predicted octanol–water partition coefficient (Wildman–Crippen LogP) is 1.50. The zero-order valence-electron chi connectivity index (χ0n) is 22.9. The first-order valence-corrected chi connectivity index (χ1v) is 13.7. The SMILES string of the molecule is CC[C@@]1(O)C(=O)OCc2c1cc1n(c2=O)Cc2c-1nc1cc(F)c(NC(=O)C(C)NC(=O)[C@H](C)N)c3c1c2CCC3. The smallest absolute Gasteiger partial charge is 0.343 e. The molecule has 5 N–H and O–H groups in total. The van der Waals surface area contributed by atoms with Gasteiger partial charge in [0.1, 0.15) is 18.5 Å². The maximum atomic E-state index is 15.6. The molecule has 3 aromatic rings. The molecule has 2 amide bonds. The van der Waals surface area contributed by atoms with Crippen LogP contribution >= 0.6 is 0 Å². The molecule has 4 heterocycles. The minimum absolute atomic E-state index is 0.0294. The van der Waals surface area contributed by atoms with Crippen LogP contribution in [-0.2, 0) is 50.7 Å². The Bertz CT molecular complexity index is 1750. The molecule has 1 aliphatic carbocycles. The highest BCUT2D eigenvalue weighted by Crippen LogP contribution is 2.44. The highest BCUT2D eigenvalue weighted by atomic mass is 19.1. The summed E-state index contributed by atoms with van der Waals surface area (Å²) in [5.74, 6) is -2.56. The normalized spacial score (nSPS) is 20.0. The number of hydrogen-bond acceptors (Lipinski definition) is 8. The van der Waals surface area contributed by atoms with Crippen LogP contribution in [0.4, 0.5) is 10.1 Å². The summed E-state index contributed by atoms with van der Waals surface area (Å²) < 4.78 is 22.3. The van der Waals surface area contributed by atoms with Gasteiger partial charge in [-0.15, -0.1) is 0 Å². The van der Waals surface area contributed by atoms with E-state index in [4.69, 9.17) is 15.5 Å². The average Bonchev–Trinajstić information content (AvgIpc) is 3.32. The van der Waals surface area contributed by atoms with Crippen molar-refractivity contribution in [1.82, 2.24) is 14.9 Å².